The van der Waals surface area contributed by atoms with E-state index in [9.17, 15) is 4.79 Å². The second-order valence-electron chi connectivity index (χ2n) is 6.20. The van der Waals surface area contributed by atoms with Crippen LogP contribution in [-0.2, 0) is 0 Å². The molecular weight excluding hydrogens is 328 g/mol. The molecule has 1 aromatic heterocycles. The predicted molar refractivity (Wildman–Crippen MR) is 100 cm³/mol. The maximum absolute atomic E-state index is 12.6. The number of amides is 1. The molecule has 0 radical (unpaired) electrons. The number of nitrogens with one attached hydrogen (secondary N) is 2. The number of benzene rings is 2. The van der Waals surface area contributed by atoms with E-state index in [4.69, 9.17) is 14.6 Å². The lowest BCUT2D eigenvalue weighted by Gasteiger charge is -2.15. The third-order valence-electron chi connectivity index (χ3n) is 4.23. The monoisotopic (exact) mass is 350 g/mol. The Hall–Kier alpha value is -3.08. The summed E-state index contributed by atoms with van der Waals surface area (Å²) < 4.78 is 11.1. The number of carbonyl (C=O) groups excluding carboxylic acids is 1. The predicted octanol–water partition coefficient (Wildman–Crippen LogP) is 4.11. The molecule has 0 aliphatic rings. The molecule has 1 atom stereocenters. The zero-order valence-electron chi connectivity index (χ0n) is 15.1. The number of hydrogen-bond donors (Lipinski definition) is 2. The maximum Gasteiger partial charge on any atom is 0.257 e. The van der Waals surface area contributed by atoms with Crippen molar-refractivity contribution in [2.75, 3.05) is 6.61 Å². The summed E-state index contributed by atoms with van der Waals surface area (Å²) in [7, 11) is 0. The summed E-state index contributed by atoms with van der Waals surface area (Å²) in [6, 6.07) is 14.9. The van der Waals surface area contributed by atoms with Gasteiger partial charge in [-0.1, -0.05) is 42.0 Å². The molecule has 2 aromatic carbocycles. The molecule has 3 rings (SSSR count). The van der Waals surface area contributed by atoms with E-state index < -0.39 is 0 Å². The van der Waals surface area contributed by atoms with Crippen LogP contribution in [0.15, 0.2) is 52.9 Å². The lowest BCUT2D eigenvalue weighted by atomic mass is 10.1. The Kier molecular flexibility index (Phi) is 5.07. The normalized spacial score (nSPS) is 12.0. The highest BCUT2D eigenvalue weighted by molar-refractivity contribution is 5.97. The fourth-order valence-corrected chi connectivity index (χ4v) is 2.78. The quantitative estimate of drug-likeness (QED) is 0.727. The van der Waals surface area contributed by atoms with Crippen molar-refractivity contribution < 1.29 is 13.9 Å². The molecular formula is C21H22N2O3. The van der Waals surface area contributed by atoms with Gasteiger partial charge in [-0.15, -0.1) is 0 Å². The highest BCUT2D eigenvalue weighted by Crippen LogP contribution is 2.25. The Labute approximate surface area is 152 Å². The van der Waals surface area contributed by atoms with Crippen molar-refractivity contribution in [1.29, 1.82) is 5.41 Å². The first kappa shape index (κ1) is 17.7. The summed E-state index contributed by atoms with van der Waals surface area (Å²) in [6.07, 6.45) is 0. The number of aryl methyl sites for hydroxylation is 1. The Morgan fingerprint density at radius 1 is 1.23 bits per heavy atom. The lowest BCUT2D eigenvalue weighted by Crippen LogP contribution is -2.30. The summed E-state index contributed by atoms with van der Waals surface area (Å²) in [4.78, 5) is 12.6. The van der Waals surface area contributed by atoms with Gasteiger partial charge in [0, 0.05) is 5.39 Å². The van der Waals surface area contributed by atoms with Crippen molar-refractivity contribution in [3.63, 3.8) is 0 Å². The molecule has 26 heavy (non-hydrogen) atoms. The second kappa shape index (κ2) is 7.44. The van der Waals surface area contributed by atoms with Crippen LogP contribution in [0.5, 0.6) is 5.75 Å². The molecule has 1 heterocycles. The maximum atomic E-state index is 12.6. The van der Waals surface area contributed by atoms with Crippen LogP contribution < -0.4 is 15.6 Å². The lowest BCUT2D eigenvalue weighted by molar-refractivity contribution is 0.0935. The number of rotatable bonds is 5. The third-order valence-corrected chi connectivity index (χ3v) is 4.23. The van der Waals surface area contributed by atoms with Gasteiger partial charge in [0.05, 0.1) is 12.6 Å². The molecule has 0 saturated carbocycles. The molecule has 5 heteroatoms. The van der Waals surface area contributed by atoms with Crippen LogP contribution >= 0.6 is 0 Å². The number of ether oxygens (including phenoxy) is 1. The van der Waals surface area contributed by atoms with Crippen molar-refractivity contribution >= 4 is 16.9 Å². The largest absolute Gasteiger partial charge is 0.490 e. The molecule has 3 aromatic rings. The van der Waals surface area contributed by atoms with Gasteiger partial charge in [-0.2, -0.15) is 0 Å². The fraction of sp³-hybridized carbons (Fsp3) is 0.238. The van der Waals surface area contributed by atoms with Gasteiger partial charge in [-0.3, -0.25) is 10.2 Å². The smallest absolute Gasteiger partial charge is 0.257 e. The average Bonchev–Trinajstić information content (AvgIpc) is 2.62. The third kappa shape index (κ3) is 3.61. The molecule has 134 valence electrons. The molecule has 0 aliphatic heterocycles. The zero-order chi connectivity index (χ0) is 18.7. The minimum Gasteiger partial charge on any atom is -0.490 e. The molecule has 2 N–H and O–H groups in total. The van der Waals surface area contributed by atoms with Crippen molar-refractivity contribution in [3.05, 3.63) is 70.8 Å². The SMILES string of the molecule is CCOc1cccc2cc(C(=O)NC(C)c3ccc(C)cc3)c(=N)oc12. The number of carbonyl (C=O) groups is 1. The van der Waals surface area contributed by atoms with E-state index in [0.29, 0.717) is 17.9 Å². The summed E-state index contributed by atoms with van der Waals surface area (Å²) in [5.41, 5.74) is 2.66. The standard InChI is InChI=1S/C21H22N2O3/c1-4-25-18-7-5-6-16-12-17(20(22)26-19(16)18)21(24)23-14(3)15-10-8-13(2)9-11-15/h5-12,14,22H,4H2,1-3H3,(H,23,24). The van der Waals surface area contributed by atoms with Crippen molar-refractivity contribution in [3.8, 4) is 5.75 Å². The van der Waals surface area contributed by atoms with Crippen LogP contribution in [0.4, 0.5) is 0 Å². The van der Waals surface area contributed by atoms with E-state index in [1.165, 1.54) is 5.56 Å². The van der Waals surface area contributed by atoms with E-state index >= 15 is 0 Å². The number of hydrogen-bond acceptors (Lipinski definition) is 4. The van der Waals surface area contributed by atoms with E-state index in [1.54, 1.807) is 12.1 Å². The highest BCUT2D eigenvalue weighted by Gasteiger charge is 2.16. The minimum absolute atomic E-state index is 0.173. The van der Waals surface area contributed by atoms with Gasteiger partial charge in [0.25, 0.3) is 5.91 Å². The molecule has 0 bridgehead atoms. The Bertz CT molecular complexity index is 990. The van der Waals surface area contributed by atoms with Gasteiger partial charge in [0.15, 0.2) is 11.3 Å². The van der Waals surface area contributed by atoms with Crippen molar-refractivity contribution in [2.45, 2.75) is 26.8 Å². The van der Waals surface area contributed by atoms with E-state index in [0.717, 1.165) is 10.9 Å². The van der Waals surface area contributed by atoms with Gasteiger partial charge in [0.2, 0.25) is 5.55 Å². The molecule has 0 fully saturated rings. The topological polar surface area (TPSA) is 75.3 Å². The summed E-state index contributed by atoms with van der Waals surface area (Å²) in [5.74, 6) is 0.231. The van der Waals surface area contributed by atoms with Crippen molar-refractivity contribution in [2.24, 2.45) is 0 Å². The van der Waals surface area contributed by atoms with Crippen LogP contribution in [-0.4, -0.2) is 12.5 Å². The van der Waals surface area contributed by atoms with Gasteiger partial charge in [0.1, 0.15) is 5.56 Å². The summed E-state index contributed by atoms with van der Waals surface area (Å²) >= 11 is 0. The van der Waals surface area contributed by atoms with Gasteiger partial charge in [-0.05, 0) is 38.5 Å². The van der Waals surface area contributed by atoms with Gasteiger partial charge >= 0.3 is 0 Å². The molecule has 0 saturated heterocycles. The van der Waals surface area contributed by atoms with Crippen LogP contribution in [0.25, 0.3) is 11.0 Å². The van der Waals surface area contributed by atoms with Crippen LogP contribution in [0.1, 0.15) is 41.4 Å². The van der Waals surface area contributed by atoms with E-state index in [2.05, 4.69) is 5.32 Å². The van der Waals surface area contributed by atoms with Gasteiger partial charge < -0.3 is 14.5 Å². The molecule has 1 unspecified atom stereocenters. The molecule has 1 amide bonds. The first-order valence-corrected chi connectivity index (χ1v) is 8.61. The van der Waals surface area contributed by atoms with Crippen LogP contribution in [0, 0.1) is 12.3 Å². The Morgan fingerprint density at radius 3 is 2.65 bits per heavy atom. The van der Waals surface area contributed by atoms with Crippen molar-refractivity contribution in [1.82, 2.24) is 5.32 Å². The minimum atomic E-state index is -0.337. The second-order valence-corrected chi connectivity index (χ2v) is 6.20. The van der Waals surface area contributed by atoms with E-state index in [-0.39, 0.29) is 23.1 Å². The Morgan fingerprint density at radius 2 is 1.96 bits per heavy atom. The molecule has 5 nitrogen and oxygen atoms in total. The first-order valence-electron chi connectivity index (χ1n) is 8.61. The number of para-hydroxylation sites is 1. The highest BCUT2D eigenvalue weighted by atomic mass is 16.5. The van der Waals surface area contributed by atoms with Crippen LogP contribution in [0.2, 0.25) is 0 Å². The van der Waals surface area contributed by atoms with E-state index in [1.807, 2.05) is 57.2 Å². The van der Waals surface area contributed by atoms with Gasteiger partial charge in [-0.25, -0.2) is 0 Å². The molecule has 0 aliphatic carbocycles. The zero-order valence-corrected chi connectivity index (χ0v) is 15.1. The summed E-state index contributed by atoms with van der Waals surface area (Å²) in [5, 5.41) is 11.8. The first-order chi connectivity index (χ1) is 12.5. The van der Waals surface area contributed by atoms with Crippen LogP contribution in [0.3, 0.4) is 0 Å². The average molecular weight is 350 g/mol. The fourth-order valence-electron chi connectivity index (χ4n) is 2.78. The summed E-state index contributed by atoms with van der Waals surface area (Å²) in [6.45, 7) is 6.32. The molecule has 0 spiro atoms. The Balaban J connectivity index is 1.89. The number of fused-ring (bicyclic) bond motifs is 1.